The van der Waals surface area contributed by atoms with Crippen LogP contribution < -0.4 is 0 Å². The van der Waals surface area contributed by atoms with E-state index in [-0.39, 0.29) is 11.8 Å². The standard InChI is InChI=1S/C30H18N2/c1-2-8-18-14-20-16-26-25(15-19(20)13-17(18)7-1)31-29-27-21-9-3-5-11-23(21)28(30(29)32-26)24-12-6-4-10-22(24)27/h1-16,27-28H. The number of nitrogens with zero attached hydrogens (tertiary/aromatic N) is 2. The topological polar surface area (TPSA) is 25.8 Å². The number of aromatic nitrogens is 2. The van der Waals surface area contributed by atoms with Crippen molar-refractivity contribution in [1.29, 1.82) is 0 Å². The lowest BCUT2D eigenvalue weighted by molar-refractivity contribution is 0.709. The van der Waals surface area contributed by atoms with E-state index < -0.39 is 0 Å². The van der Waals surface area contributed by atoms with E-state index in [9.17, 15) is 0 Å². The molecule has 148 valence electrons. The molecule has 0 aliphatic heterocycles. The zero-order valence-electron chi connectivity index (χ0n) is 17.3. The average Bonchev–Trinajstić information content (AvgIpc) is 2.84. The van der Waals surface area contributed by atoms with Gasteiger partial charge in [-0.3, -0.25) is 0 Å². The van der Waals surface area contributed by atoms with Crippen LogP contribution in [0.25, 0.3) is 32.6 Å². The van der Waals surface area contributed by atoms with Gasteiger partial charge in [0.2, 0.25) is 0 Å². The van der Waals surface area contributed by atoms with E-state index in [0.29, 0.717) is 0 Å². The Morgan fingerprint density at radius 3 is 1.19 bits per heavy atom. The van der Waals surface area contributed by atoms with Gasteiger partial charge in [0, 0.05) is 0 Å². The summed E-state index contributed by atoms with van der Waals surface area (Å²) >= 11 is 0. The highest BCUT2D eigenvalue weighted by molar-refractivity contribution is 6.03. The van der Waals surface area contributed by atoms with Gasteiger partial charge in [-0.15, -0.1) is 0 Å². The molecule has 3 aliphatic rings. The fourth-order valence-corrected chi connectivity index (χ4v) is 5.94. The summed E-state index contributed by atoms with van der Waals surface area (Å²) in [6, 6.07) is 35.2. The minimum atomic E-state index is 0.159. The first-order chi connectivity index (χ1) is 15.8. The third-order valence-corrected chi connectivity index (χ3v) is 7.33. The van der Waals surface area contributed by atoms with E-state index in [2.05, 4.69) is 97.1 Å². The highest BCUT2D eigenvalue weighted by Crippen LogP contribution is 2.54. The lowest BCUT2D eigenvalue weighted by Crippen LogP contribution is -2.29. The number of benzene rings is 5. The first-order valence-electron chi connectivity index (χ1n) is 11.2. The minimum absolute atomic E-state index is 0.159. The van der Waals surface area contributed by atoms with Crippen LogP contribution in [0.3, 0.4) is 0 Å². The Balaban J connectivity index is 1.45. The second-order valence-electron chi connectivity index (χ2n) is 9.01. The molecule has 6 aromatic rings. The molecular formula is C30H18N2. The highest BCUT2D eigenvalue weighted by atomic mass is 14.9. The Bertz CT molecular complexity index is 1570. The van der Waals surface area contributed by atoms with E-state index >= 15 is 0 Å². The summed E-state index contributed by atoms with van der Waals surface area (Å²) in [5.74, 6) is 0.318. The van der Waals surface area contributed by atoms with Gasteiger partial charge >= 0.3 is 0 Å². The van der Waals surface area contributed by atoms with E-state index in [0.717, 1.165) is 22.4 Å². The van der Waals surface area contributed by atoms with Gasteiger partial charge in [-0.25, -0.2) is 9.97 Å². The molecule has 0 fully saturated rings. The molecule has 1 heterocycles. The first kappa shape index (κ1) is 16.6. The summed E-state index contributed by atoms with van der Waals surface area (Å²) in [5.41, 5.74) is 9.73. The summed E-state index contributed by atoms with van der Waals surface area (Å²) in [4.78, 5) is 10.5. The molecule has 9 rings (SSSR count). The van der Waals surface area contributed by atoms with E-state index in [1.165, 1.54) is 43.8 Å². The van der Waals surface area contributed by atoms with Crippen molar-refractivity contribution >= 4 is 32.6 Å². The van der Waals surface area contributed by atoms with Crippen molar-refractivity contribution in [3.8, 4) is 0 Å². The van der Waals surface area contributed by atoms with Gasteiger partial charge in [0.05, 0.1) is 34.3 Å². The van der Waals surface area contributed by atoms with Crippen LogP contribution in [-0.2, 0) is 0 Å². The predicted octanol–water partition coefficient (Wildman–Crippen LogP) is 6.92. The van der Waals surface area contributed by atoms with Crippen LogP contribution in [0.5, 0.6) is 0 Å². The quantitative estimate of drug-likeness (QED) is 0.255. The minimum Gasteiger partial charge on any atom is -0.248 e. The highest BCUT2D eigenvalue weighted by Gasteiger charge is 2.43. The van der Waals surface area contributed by atoms with Crippen molar-refractivity contribution in [1.82, 2.24) is 9.97 Å². The van der Waals surface area contributed by atoms with Crippen LogP contribution in [-0.4, -0.2) is 9.97 Å². The summed E-state index contributed by atoms with van der Waals surface area (Å²) in [6.45, 7) is 0. The van der Waals surface area contributed by atoms with Crippen LogP contribution in [0.2, 0.25) is 0 Å². The Kier molecular flexibility index (Phi) is 3.01. The van der Waals surface area contributed by atoms with Gasteiger partial charge in [-0.05, 0) is 68.1 Å². The molecule has 32 heavy (non-hydrogen) atoms. The van der Waals surface area contributed by atoms with Gasteiger partial charge in [0.25, 0.3) is 0 Å². The van der Waals surface area contributed by atoms with Gasteiger partial charge in [-0.2, -0.15) is 0 Å². The molecular weight excluding hydrogens is 388 g/mol. The molecule has 0 radical (unpaired) electrons. The molecule has 2 heteroatoms. The fourth-order valence-electron chi connectivity index (χ4n) is 5.94. The average molecular weight is 406 g/mol. The molecule has 0 atom stereocenters. The zero-order chi connectivity index (χ0) is 20.8. The van der Waals surface area contributed by atoms with Gasteiger partial charge in [0.1, 0.15) is 0 Å². The Morgan fingerprint density at radius 1 is 0.406 bits per heavy atom. The Morgan fingerprint density at radius 2 is 0.781 bits per heavy atom. The third kappa shape index (κ3) is 2.04. The van der Waals surface area contributed by atoms with Crippen molar-refractivity contribution < 1.29 is 0 Å². The maximum Gasteiger partial charge on any atom is 0.0897 e. The molecule has 2 nitrogen and oxygen atoms in total. The van der Waals surface area contributed by atoms with Crippen LogP contribution in [0.1, 0.15) is 45.5 Å². The second-order valence-corrected chi connectivity index (χ2v) is 9.01. The second kappa shape index (κ2) is 5.80. The number of hydrogen-bond acceptors (Lipinski definition) is 2. The molecule has 3 aliphatic carbocycles. The molecule has 0 unspecified atom stereocenters. The molecule has 0 N–H and O–H groups in total. The van der Waals surface area contributed by atoms with Crippen LogP contribution in [0.4, 0.5) is 0 Å². The molecule has 5 aromatic carbocycles. The van der Waals surface area contributed by atoms with Crippen molar-refractivity contribution in [2.45, 2.75) is 11.8 Å². The van der Waals surface area contributed by atoms with E-state index in [1.54, 1.807) is 0 Å². The van der Waals surface area contributed by atoms with Crippen LogP contribution in [0, 0.1) is 0 Å². The lowest BCUT2D eigenvalue weighted by Gasteiger charge is -2.40. The van der Waals surface area contributed by atoms with Gasteiger partial charge in [0.15, 0.2) is 0 Å². The number of hydrogen-bond donors (Lipinski definition) is 0. The van der Waals surface area contributed by atoms with Crippen molar-refractivity contribution in [2.75, 3.05) is 0 Å². The predicted molar refractivity (Wildman–Crippen MR) is 129 cm³/mol. The molecule has 2 bridgehead atoms. The monoisotopic (exact) mass is 406 g/mol. The maximum atomic E-state index is 5.26. The lowest BCUT2D eigenvalue weighted by atomic mass is 9.64. The fraction of sp³-hybridized carbons (Fsp3) is 0.0667. The van der Waals surface area contributed by atoms with E-state index in [4.69, 9.17) is 9.97 Å². The van der Waals surface area contributed by atoms with Gasteiger partial charge in [-0.1, -0.05) is 72.8 Å². The Labute approximate surface area is 185 Å². The molecule has 0 spiro atoms. The summed E-state index contributed by atoms with van der Waals surface area (Å²) in [6.07, 6.45) is 0. The first-order valence-corrected chi connectivity index (χ1v) is 11.2. The normalized spacial score (nSPS) is 18.0. The van der Waals surface area contributed by atoms with Crippen molar-refractivity contribution in [3.63, 3.8) is 0 Å². The van der Waals surface area contributed by atoms with Crippen LogP contribution >= 0.6 is 0 Å². The smallest absolute Gasteiger partial charge is 0.0897 e. The molecule has 0 saturated carbocycles. The molecule has 0 saturated heterocycles. The number of fused-ring (bicyclic) bond motifs is 3. The largest absolute Gasteiger partial charge is 0.248 e. The Hall–Kier alpha value is -4.04. The molecule has 0 amide bonds. The van der Waals surface area contributed by atoms with Crippen LogP contribution in [0.15, 0.2) is 97.1 Å². The van der Waals surface area contributed by atoms with Crippen molar-refractivity contribution in [2.24, 2.45) is 0 Å². The summed E-state index contributed by atoms with van der Waals surface area (Å²) in [5, 5.41) is 4.94. The van der Waals surface area contributed by atoms with E-state index in [1.807, 2.05) is 0 Å². The van der Waals surface area contributed by atoms with Crippen molar-refractivity contribution in [3.05, 3.63) is 131 Å². The third-order valence-electron chi connectivity index (χ3n) is 7.33. The summed E-state index contributed by atoms with van der Waals surface area (Å²) < 4.78 is 0. The maximum absolute atomic E-state index is 5.26. The number of rotatable bonds is 0. The zero-order valence-corrected chi connectivity index (χ0v) is 17.3. The van der Waals surface area contributed by atoms with Gasteiger partial charge < -0.3 is 0 Å². The SMILES string of the molecule is c1ccc2c(c1)C1c3ccccc3C2c2nc3cc4cc5ccccc5cc4cc3nc21. The summed E-state index contributed by atoms with van der Waals surface area (Å²) in [7, 11) is 0. The molecule has 1 aromatic heterocycles.